The lowest BCUT2D eigenvalue weighted by atomic mass is 10.0. The van der Waals surface area contributed by atoms with Gasteiger partial charge in [0.15, 0.2) is 0 Å². The first kappa shape index (κ1) is 14.7. The van der Waals surface area contributed by atoms with Crippen molar-refractivity contribution in [2.24, 2.45) is 0 Å². The standard InChI is InChI=1S/C18H22N2O2/c1-11(2)17-14(10-22-18(21)19-4)12(3)16-9-13-7-5-6-8-15(13)20(16)17/h5-8,11H,9-10H2,1-4H3,(H,19,21). The fourth-order valence-electron chi connectivity index (χ4n) is 3.36. The lowest BCUT2D eigenvalue weighted by Gasteiger charge is -2.15. The number of nitrogens with zero attached hydrogens (tertiary/aromatic N) is 1. The summed E-state index contributed by atoms with van der Waals surface area (Å²) in [6, 6.07) is 8.52. The molecule has 3 rings (SSSR count). The van der Waals surface area contributed by atoms with E-state index in [1.165, 1.54) is 28.2 Å². The van der Waals surface area contributed by atoms with Crippen molar-refractivity contribution >= 4 is 6.09 Å². The lowest BCUT2D eigenvalue weighted by Crippen LogP contribution is -2.19. The first-order valence-corrected chi connectivity index (χ1v) is 7.70. The Balaban J connectivity index is 2.09. The SMILES string of the molecule is CNC(=O)OCc1c(C)c2n(c1C(C)C)-c1ccccc1C2. The Morgan fingerprint density at radius 2 is 2.09 bits per heavy atom. The molecular weight excluding hydrogens is 276 g/mol. The van der Waals surface area contributed by atoms with Crippen LogP contribution in [0.3, 0.4) is 0 Å². The van der Waals surface area contributed by atoms with E-state index < -0.39 is 0 Å². The van der Waals surface area contributed by atoms with E-state index in [1.807, 2.05) is 0 Å². The van der Waals surface area contributed by atoms with E-state index in [0.29, 0.717) is 12.5 Å². The first-order chi connectivity index (χ1) is 10.5. The number of hydrogen-bond donors (Lipinski definition) is 1. The number of fused-ring (bicyclic) bond motifs is 3. The zero-order valence-corrected chi connectivity index (χ0v) is 13.6. The maximum absolute atomic E-state index is 11.4. The van der Waals surface area contributed by atoms with Crippen molar-refractivity contribution in [3.63, 3.8) is 0 Å². The van der Waals surface area contributed by atoms with Crippen LogP contribution < -0.4 is 5.32 Å². The van der Waals surface area contributed by atoms with Crippen LogP contribution in [0.2, 0.25) is 0 Å². The predicted octanol–water partition coefficient (Wildman–Crippen LogP) is 3.67. The number of amides is 1. The van der Waals surface area contributed by atoms with Gasteiger partial charge in [-0.1, -0.05) is 32.0 Å². The molecule has 1 aliphatic heterocycles. The van der Waals surface area contributed by atoms with Crippen molar-refractivity contribution < 1.29 is 9.53 Å². The summed E-state index contributed by atoms with van der Waals surface area (Å²) in [6.45, 7) is 6.83. The number of rotatable bonds is 3. The number of para-hydroxylation sites is 1. The quantitative estimate of drug-likeness (QED) is 0.801. The molecule has 0 unspecified atom stereocenters. The monoisotopic (exact) mass is 298 g/mol. The molecule has 0 radical (unpaired) electrons. The Morgan fingerprint density at radius 3 is 2.77 bits per heavy atom. The highest BCUT2D eigenvalue weighted by Gasteiger charge is 2.28. The van der Waals surface area contributed by atoms with Crippen molar-refractivity contribution in [3.05, 3.63) is 52.3 Å². The summed E-state index contributed by atoms with van der Waals surface area (Å²) in [5.74, 6) is 0.363. The molecule has 1 aromatic heterocycles. The van der Waals surface area contributed by atoms with E-state index >= 15 is 0 Å². The topological polar surface area (TPSA) is 43.3 Å². The molecule has 116 valence electrons. The summed E-state index contributed by atoms with van der Waals surface area (Å²) in [6.07, 6.45) is 0.558. The van der Waals surface area contributed by atoms with Crippen LogP contribution >= 0.6 is 0 Å². The fourth-order valence-corrected chi connectivity index (χ4v) is 3.36. The van der Waals surface area contributed by atoms with Crippen molar-refractivity contribution in [1.82, 2.24) is 9.88 Å². The minimum atomic E-state index is -0.388. The van der Waals surface area contributed by atoms with Gasteiger partial charge in [-0.3, -0.25) is 0 Å². The number of benzene rings is 1. The minimum absolute atomic E-state index is 0.321. The Labute approximate surface area is 131 Å². The van der Waals surface area contributed by atoms with E-state index in [4.69, 9.17) is 4.74 Å². The number of nitrogens with one attached hydrogen (secondary N) is 1. The largest absolute Gasteiger partial charge is 0.445 e. The highest BCUT2D eigenvalue weighted by molar-refractivity contribution is 5.67. The Kier molecular flexibility index (Phi) is 3.69. The predicted molar refractivity (Wildman–Crippen MR) is 86.6 cm³/mol. The van der Waals surface area contributed by atoms with Crippen molar-refractivity contribution in [2.45, 2.75) is 39.7 Å². The molecule has 0 aliphatic carbocycles. The van der Waals surface area contributed by atoms with Crippen molar-refractivity contribution in [1.29, 1.82) is 0 Å². The molecule has 4 nitrogen and oxygen atoms in total. The van der Waals surface area contributed by atoms with Crippen LogP contribution in [0.25, 0.3) is 5.69 Å². The molecule has 22 heavy (non-hydrogen) atoms. The highest BCUT2D eigenvalue weighted by Crippen LogP contribution is 2.38. The van der Waals surface area contributed by atoms with E-state index in [9.17, 15) is 4.79 Å². The first-order valence-electron chi connectivity index (χ1n) is 7.70. The van der Waals surface area contributed by atoms with Gasteiger partial charge in [-0.05, 0) is 30.0 Å². The zero-order chi connectivity index (χ0) is 15.9. The van der Waals surface area contributed by atoms with Gasteiger partial charge in [0.2, 0.25) is 0 Å². The summed E-state index contributed by atoms with van der Waals surface area (Å²) in [7, 11) is 1.58. The number of carbonyl (C=O) groups excluding carboxylic acids is 1. The molecule has 0 atom stereocenters. The van der Waals surface area contributed by atoms with Crippen molar-refractivity contribution in [2.75, 3.05) is 7.05 Å². The van der Waals surface area contributed by atoms with Crippen LogP contribution in [0.4, 0.5) is 4.79 Å². The van der Waals surface area contributed by atoms with Gasteiger partial charge in [0, 0.05) is 36.1 Å². The third-order valence-corrected chi connectivity index (χ3v) is 4.39. The molecule has 1 aliphatic rings. The van der Waals surface area contributed by atoms with Gasteiger partial charge in [-0.2, -0.15) is 0 Å². The highest BCUT2D eigenvalue weighted by atomic mass is 16.5. The molecule has 0 saturated carbocycles. The third kappa shape index (κ3) is 2.19. The second kappa shape index (κ2) is 5.52. The molecular formula is C18H22N2O2. The molecule has 0 bridgehead atoms. The van der Waals surface area contributed by atoms with Crippen LogP contribution in [-0.4, -0.2) is 17.7 Å². The van der Waals surface area contributed by atoms with Gasteiger partial charge in [0.25, 0.3) is 0 Å². The second-order valence-corrected chi connectivity index (χ2v) is 6.06. The second-order valence-electron chi connectivity index (χ2n) is 6.06. The van der Waals surface area contributed by atoms with E-state index in [1.54, 1.807) is 7.05 Å². The number of ether oxygens (including phenoxy) is 1. The molecule has 0 saturated heterocycles. The summed E-state index contributed by atoms with van der Waals surface area (Å²) in [4.78, 5) is 11.4. The molecule has 1 N–H and O–H groups in total. The molecule has 0 spiro atoms. The Morgan fingerprint density at radius 1 is 1.36 bits per heavy atom. The zero-order valence-electron chi connectivity index (χ0n) is 13.6. The van der Waals surface area contributed by atoms with Crippen LogP contribution in [0.15, 0.2) is 24.3 Å². The average molecular weight is 298 g/mol. The number of alkyl carbamates (subject to hydrolysis) is 1. The molecule has 1 amide bonds. The van der Waals surface area contributed by atoms with Crippen LogP contribution in [0.5, 0.6) is 0 Å². The average Bonchev–Trinajstić information content (AvgIpc) is 3.00. The van der Waals surface area contributed by atoms with E-state index in [2.05, 4.69) is 54.9 Å². The number of aromatic nitrogens is 1. The van der Waals surface area contributed by atoms with Crippen LogP contribution in [0.1, 0.15) is 47.8 Å². The van der Waals surface area contributed by atoms with Crippen molar-refractivity contribution in [3.8, 4) is 5.69 Å². The number of carbonyl (C=O) groups is 1. The Bertz CT molecular complexity index is 729. The Hall–Kier alpha value is -2.23. The van der Waals surface area contributed by atoms with Gasteiger partial charge in [-0.15, -0.1) is 0 Å². The van der Waals surface area contributed by atoms with Gasteiger partial charge in [0.05, 0.1) is 0 Å². The summed E-state index contributed by atoms with van der Waals surface area (Å²) in [5.41, 5.74) is 7.57. The van der Waals surface area contributed by atoms with Gasteiger partial charge < -0.3 is 14.6 Å². The smallest absolute Gasteiger partial charge is 0.407 e. The van der Waals surface area contributed by atoms with Gasteiger partial charge >= 0.3 is 6.09 Å². The minimum Gasteiger partial charge on any atom is -0.445 e. The molecule has 4 heteroatoms. The lowest BCUT2D eigenvalue weighted by molar-refractivity contribution is 0.141. The summed E-state index contributed by atoms with van der Waals surface area (Å²) >= 11 is 0. The molecule has 0 fully saturated rings. The molecule has 1 aromatic carbocycles. The van der Waals surface area contributed by atoms with Crippen LogP contribution in [-0.2, 0) is 17.8 Å². The fraction of sp³-hybridized carbons (Fsp3) is 0.389. The third-order valence-electron chi connectivity index (χ3n) is 4.39. The molecule has 2 heterocycles. The van der Waals surface area contributed by atoms with Gasteiger partial charge in [0.1, 0.15) is 6.61 Å². The maximum Gasteiger partial charge on any atom is 0.407 e. The van der Waals surface area contributed by atoms with Gasteiger partial charge in [-0.25, -0.2) is 4.79 Å². The normalized spacial score (nSPS) is 12.2. The summed E-state index contributed by atoms with van der Waals surface area (Å²) in [5, 5.41) is 2.50. The van der Waals surface area contributed by atoms with E-state index in [0.717, 1.165) is 12.0 Å². The maximum atomic E-state index is 11.4. The molecule has 2 aromatic rings. The summed E-state index contributed by atoms with van der Waals surface area (Å²) < 4.78 is 7.67. The van der Waals surface area contributed by atoms with Crippen LogP contribution in [0, 0.1) is 6.92 Å². The number of hydrogen-bond acceptors (Lipinski definition) is 2. The van der Waals surface area contributed by atoms with E-state index in [-0.39, 0.29) is 6.09 Å².